The van der Waals surface area contributed by atoms with Crippen molar-refractivity contribution >= 4 is 17.9 Å². The number of rotatable bonds is 5. The third-order valence-electron chi connectivity index (χ3n) is 5.48. The molecule has 2 saturated heterocycles. The van der Waals surface area contributed by atoms with E-state index in [0.29, 0.717) is 65.3 Å². The van der Waals surface area contributed by atoms with Crippen molar-refractivity contribution in [2.24, 2.45) is 0 Å². The van der Waals surface area contributed by atoms with E-state index in [1.165, 1.54) is 0 Å². The van der Waals surface area contributed by atoms with Crippen LogP contribution in [0.1, 0.15) is 18.9 Å². The van der Waals surface area contributed by atoms with Gasteiger partial charge in [0, 0.05) is 58.8 Å². The van der Waals surface area contributed by atoms with Crippen molar-refractivity contribution in [1.82, 2.24) is 19.6 Å². The molecule has 1 aromatic carbocycles. The lowest BCUT2D eigenvalue weighted by atomic mass is 10.2. The van der Waals surface area contributed by atoms with E-state index < -0.39 is 0 Å². The van der Waals surface area contributed by atoms with Gasteiger partial charge in [0.2, 0.25) is 11.8 Å². The van der Waals surface area contributed by atoms with Crippen molar-refractivity contribution in [3.05, 3.63) is 35.9 Å². The van der Waals surface area contributed by atoms with Gasteiger partial charge in [-0.25, -0.2) is 4.79 Å². The first-order valence-corrected chi connectivity index (χ1v) is 10.3. The largest absolute Gasteiger partial charge is 0.445 e. The van der Waals surface area contributed by atoms with Crippen LogP contribution in [0, 0.1) is 0 Å². The highest BCUT2D eigenvalue weighted by Gasteiger charge is 2.27. The smallest absolute Gasteiger partial charge is 0.410 e. The topological polar surface area (TPSA) is 73.4 Å². The summed E-state index contributed by atoms with van der Waals surface area (Å²) in [7, 11) is 0. The standard InChI is InChI=1S/C21H30N4O4/c1-2-19(26)23-12-14-24(15-13-23)20(27)16-22-8-10-25(11-9-22)21(28)29-17-18-6-4-3-5-7-18/h3-7H,2,8-17H2,1H3. The van der Waals surface area contributed by atoms with Crippen LogP contribution in [0.2, 0.25) is 0 Å². The summed E-state index contributed by atoms with van der Waals surface area (Å²) in [6.45, 7) is 7.31. The molecule has 2 aliphatic rings. The molecule has 0 bridgehead atoms. The van der Waals surface area contributed by atoms with E-state index in [1.54, 1.807) is 4.90 Å². The molecule has 0 aliphatic carbocycles. The van der Waals surface area contributed by atoms with Crippen molar-refractivity contribution in [1.29, 1.82) is 0 Å². The molecule has 0 spiro atoms. The van der Waals surface area contributed by atoms with Crippen molar-refractivity contribution in [2.75, 3.05) is 58.9 Å². The Morgan fingerprint density at radius 3 is 1.93 bits per heavy atom. The fourth-order valence-electron chi connectivity index (χ4n) is 3.62. The van der Waals surface area contributed by atoms with Crippen LogP contribution in [0.5, 0.6) is 0 Å². The molecule has 3 amide bonds. The number of carbonyl (C=O) groups excluding carboxylic acids is 3. The zero-order valence-electron chi connectivity index (χ0n) is 17.1. The lowest BCUT2D eigenvalue weighted by Gasteiger charge is -2.37. The van der Waals surface area contributed by atoms with Crippen molar-refractivity contribution < 1.29 is 19.1 Å². The summed E-state index contributed by atoms with van der Waals surface area (Å²) in [6, 6.07) is 9.61. The minimum atomic E-state index is -0.309. The second kappa shape index (κ2) is 10.2. The number of nitrogens with zero attached hydrogens (tertiary/aromatic N) is 4. The van der Waals surface area contributed by atoms with Gasteiger partial charge in [-0.3, -0.25) is 14.5 Å². The highest BCUT2D eigenvalue weighted by Crippen LogP contribution is 2.09. The molecular formula is C21H30N4O4. The summed E-state index contributed by atoms with van der Waals surface area (Å²) in [5.41, 5.74) is 0.964. The molecule has 3 rings (SSSR count). The molecule has 2 fully saturated rings. The summed E-state index contributed by atoms with van der Waals surface area (Å²) < 4.78 is 5.38. The maximum atomic E-state index is 12.6. The Kier molecular flexibility index (Phi) is 7.46. The molecule has 8 heteroatoms. The fraction of sp³-hybridized carbons (Fsp3) is 0.571. The molecule has 0 radical (unpaired) electrons. The molecule has 1 aromatic rings. The third kappa shape index (κ3) is 5.93. The monoisotopic (exact) mass is 402 g/mol. The van der Waals surface area contributed by atoms with Crippen LogP contribution < -0.4 is 0 Å². The molecule has 0 saturated carbocycles. The van der Waals surface area contributed by atoms with Gasteiger partial charge in [0.1, 0.15) is 6.61 Å². The van der Waals surface area contributed by atoms with E-state index in [1.807, 2.05) is 47.1 Å². The summed E-state index contributed by atoms with van der Waals surface area (Å²) >= 11 is 0. The number of carbonyl (C=O) groups is 3. The molecule has 8 nitrogen and oxygen atoms in total. The highest BCUT2D eigenvalue weighted by atomic mass is 16.6. The Bertz CT molecular complexity index is 696. The molecule has 0 unspecified atom stereocenters. The molecule has 29 heavy (non-hydrogen) atoms. The number of hydrogen-bond acceptors (Lipinski definition) is 5. The number of amides is 3. The van der Waals surface area contributed by atoms with Gasteiger partial charge < -0.3 is 19.4 Å². The van der Waals surface area contributed by atoms with Gasteiger partial charge in [-0.05, 0) is 5.56 Å². The Morgan fingerprint density at radius 1 is 0.793 bits per heavy atom. The molecule has 2 heterocycles. The summed E-state index contributed by atoms with van der Waals surface area (Å²) in [5, 5.41) is 0. The third-order valence-corrected chi connectivity index (χ3v) is 5.48. The van der Waals surface area contributed by atoms with Crippen molar-refractivity contribution in [3.8, 4) is 0 Å². The van der Waals surface area contributed by atoms with Crippen LogP contribution >= 0.6 is 0 Å². The predicted octanol–water partition coefficient (Wildman–Crippen LogP) is 1.02. The molecule has 0 atom stereocenters. The van der Waals surface area contributed by atoms with Gasteiger partial charge in [0.25, 0.3) is 0 Å². The number of benzene rings is 1. The highest BCUT2D eigenvalue weighted by molar-refractivity contribution is 5.79. The molecule has 0 aromatic heterocycles. The van der Waals surface area contributed by atoms with Gasteiger partial charge in [-0.2, -0.15) is 0 Å². The average molecular weight is 402 g/mol. The fourth-order valence-corrected chi connectivity index (χ4v) is 3.62. The predicted molar refractivity (Wildman–Crippen MR) is 108 cm³/mol. The van der Waals surface area contributed by atoms with Crippen LogP contribution in [0.25, 0.3) is 0 Å². The van der Waals surface area contributed by atoms with E-state index in [0.717, 1.165) is 5.56 Å². The van der Waals surface area contributed by atoms with Crippen molar-refractivity contribution in [3.63, 3.8) is 0 Å². The van der Waals surface area contributed by atoms with Crippen LogP contribution in [0.4, 0.5) is 4.79 Å². The van der Waals surface area contributed by atoms with Gasteiger partial charge in [0.05, 0.1) is 6.54 Å². The van der Waals surface area contributed by atoms with Crippen LogP contribution in [-0.2, 0) is 20.9 Å². The Labute approximate surface area is 172 Å². The van der Waals surface area contributed by atoms with Gasteiger partial charge >= 0.3 is 6.09 Å². The minimum Gasteiger partial charge on any atom is -0.445 e. The SMILES string of the molecule is CCC(=O)N1CCN(C(=O)CN2CCN(C(=O)OCc3ccccc3)CC2)CC1. The first-order valence-electron chi connectivity index (χ1n) is 10.3. The van der Waals surface area contributed by atoms with E-state index >= 15 is 0 Å². The van der Waals surface area contributed by atoms with Crippen LogP contribution in [0.3, 0.4) is 0 Å². The number of hydrogen-bond donors (Lipinski definition) is 0. The first-order chi connectivity index (χ1) is 14.1. The Hall–Kier alpha value is -2.61. The zero-order chi connectivity index (χ0) is 20.6. The number of piperazine rings is 2. The van der Waals surface area contributed by atoms with Crippen LogP contribution in [-0.4, -0.2) is 96.4 Å². The normalized spacial score (nSPS) is 17.9. The maximum Gasteiger partial charge on any atom is 0.410 e. The van der Waals surface area contributed by atoms with E-state index in [4.69, 9.17) is 4.74 Å². The zero-order valence-corrected chi connectivity index (χ0v) is 17.1. The summed E-state index contributed by atoms with van der Waals surface area (Å²) in [6.07, 6.45) is 0.197. The molecule has 0 N–H and O–H groups in total. The maximum absolute atomic E-state index is 12.6. The Balaban J connectivity index is 1.35. The van der Waals surface area contributed by atoms with Gasteiger partial charge in [-0.1, -0.05) is 37.3 Å². The van der Waals surface area contributed by atoms with Crippen molar-refractivity contribution in [2.45, 2.75) is 20.0 Å². The second-order valence-corrected chi connectivity index (χ2v) is 7.42. The quantitative estimate of drug-likeness (QED) is 0.735. The first kappa shape index (κ1) is 21.1. The molecule has 158 valence electrons. The summed E-state index contributed by atoms with van der Waals surface area (Å²) in [4.78, 5) is 44.0. The Morgan fingerprint density at radius 2 is 1.34 bits per heavy atom. The van der Waals surface area contributed by atoms with Gasteiger partial charge in [0.15, 0.2) is 0 Å². The van der Waals surface area contributed by atoms with E-state index in [2.05, 4.69) is 4.90 Å². The number of ether oxygens (including phenoxy) is 1. The average Bonchev–Trinajstić information content (AvgIpc) is 2.78. The van der Waals surface area contributed by atoms with E-state index in [9.17, 15) is 14.4 Å². The molecule has 2 aliphatic heterocycles. The lowest BCUT2D eigenvalue weighted by Crippen LogP contribution is -2.55. The second-order valence-electron chi connectivity index (χ2n) is 7.42. The minimum absolute atomic E-state index is 0.0914. The van der Waals surface area contributed by atoms with E-state index in [-0.39, 0.29) is 24.5 Å². The molecular weight excluding hydrogens is 372 g/mol. The summed E-state index contributed by atoms with van der Waals surface area (Å²) in [5.74, 6) is 0.237. The lowest BCUT2D eigenvalue weighted by molar-refractivity contribution is -0.140. The van der Waals surface area contributed by atoms with Crippen LogP contribution in [0.15, 0.2) is 30.3 Å². The van der Waals surface area contributed by atoms with Gasteiger partial charge in [-0.15, -0.1) is 0 Å².